The lowest BCUT2D eigenvalue weighted by molar-refractivity contribution is -0.129. The molecule has 0 bridgehead atoms. The number of anilines is 1. The Kier molecular flexibility index (Phi) is 4.83. The zero-order valence-corrected chi connectivity index (χ0v) is 14.2. The van der Waals surface area contributed by atoms with Crippen molar-refractivity contribution in [2.75, 3.05) is 25.2 Å². The van der Waals surface area contributed by atoms with E-state index in [1.54, 1.807) is 11.9 Å². The van der Waals surface area contributed by atoms with Gasteiger partial charge in [-0.2, -0.15) is 0 Å². The fourth-order valence-corrected chi connectivity index (χ4v) is 3.59. The number of amides is 2. The minimum absolute atomic E-state index is 0.00206. The average Bonchev–Trinajstić information content (AvgIpc) is 2.84. The lowest BCUT2D eigenvalue weighted by atomic mass is 9.73. The molecule has 0 aromatic heterocycles. The first-order valence-corrected chi connectivity index (χ1v) is 8.33. The zero-order valence-electron chi connectivity index (χ0n) is 14.2. The molecule has 0 unspecified atom stereocenters. The first-order chi connectivity index (χ1) is 12.1. The number of halogens is 1. The number of carbonyl (C=O) groups excluding carboxylic acids is 2. The highest BCUT2D eigenvalue weighted by Crippen LogP contribution is 2.45. The number of hydrogen-bond acceptors (Lipinski definition) is 2. The minimum Gasteiger partial charge on any atom is -0.353 e. The summed E-state index contributed by atoms with van der Waals surface area (Å²) in [6, 6.07) is 17.2. The van der Waals surface area contributed by atoms with Gasteiger partial charge in [-0.15, -0.1) is 0 Å². The van der Waals surface area contributed by atoms with Gasteiger partial charge in [-0.05, 0) is 23.6 Å². The minimum atomic E-state index is -0.965. The third-order valence-corrected chi connectivity index (χ3v) is 4.72. The summed E-state index contributed by atoms with van der Waals surface area (Å²) in [5.41, 5.74) is 1.69. The SMILES string of the molecule is CN1C(=O)[C@@](CC(=O)NCCF)(Cc2ccccc2)c2ccccc21. The van der Waals surface area contributed by atoms with Crippen LogP contribution in [-0.2, 0) is 21.4 Å². The molecule has 1 N–H and O–H groups in total. The number of alkyl halides is 1. The first-order valence-electron chi connectivity index (χ1n) is 8.33. The Bertz CT molecular complexity index is 778. The number of likely N-dealkylation sites (N-methyl/N-ethyl adjacent to an activating group) is 1. The van der Waals surface area contributed by atoms with Crippen molar-refractivity contribution in [3.05, 3.63) is 65.7 Å². The molecule has 1 heterocycles. The summed E-state index contributed by atoms with van der Waals surface area (Å²) >= 11 is 0. The fraction of sp³-hybridized carbons (Fsp3) is 0.300. The Morgan fingerprint density at radius 1 is 1.12 bits per heavy atom. The van der Waals surface area contributed by atoms with E-state index in [9.17, 15) is 14.0 Å². The van der Waals surface area contributed by atoms with E-state index in [0.29, 0.717) is 6.42 Å². The smallest absolute Gasteiger partial charge is 0.238 e. The van der Waals surface area contributed by atoms with E-state index in [2.05, 4.69) is 5.32 Å². The summed E-state index contributed by atoms with van der Waals surface area (Å²) in [6.45, 7) is -0.659. The summed E-state index contributed by atoms with van der Waals surface area (Å²) in [4.78, 5) is 27.1. The molecule has 0 aliphatic carbocycles. The topological polar surface area (TPSA) is 49.4 Å². The highest BCUT2D eigenvalue weighted by Gasteiger charge is 2.50. The van der Waals surface area contributed by atoms with Crippen molar-refractivity contribution in [1.29, 1.82) is 0 Å². The van der Waals surface area contributed by atoms with Crippen molar-refractivity contribution in [2.24, 2.45) is 0 Å². The highest BCUT2D eigenvalue weighted by atomic mass is 19.1. The maximum atomic E-state index is 13.2. The van der Waals surface area contributed by atoms with Gasteiger partial charge in [0.25, 0.3) is 0 Å². The molecule has 3 rings (SSSR count). The van der Waals surface area contributed by atoms with E-state index >= 15 is 0 Å². The molecular formula is C20H21FN2O2. The molecule has 25 heavy (non-hydrogen) atoms. The monoisotopic (exact) mass is 340 g/mol. The molecule has 1 aliphatic heterocycles. The van der Waals surface area contributed by atoms with Crippen molar-refractivity contribution < 1.29 is 14.0 Å². The van der Waals surface area contributed by atoms with E-state index in [0.717, 1.165) is 16.8 Å². The van der Waals surface area contributed by atoms with Gasteiger partial charge in [0.05, 0.1) is 5.41 Å². The molecule has 130 valence electrons. The Morgan fingerprint density at radius 2 is 1.80 bits per heavy atom. The van der Waals surface area contributed by atoms with Gasteiger partial charge in [0, 0.05) is 25.7 Å². The van der Waals surface area contributed by atoms with E-state index in [4.69, 9.17) is 0 Å². The molecule has 2 amide bonds. The summed E-state index contributed by atoms with van der Waals surface area (Å²) in [7, 11) is 1.73. The number of nitrogens with zero attached hydrogens (tertiary/aromatic N) is 1. The Morgan fingerprint density at radius 3 is 2.52 bits per heavy atom. The van der Waals surface area contributed by atoms with Gasteiger partial charge in [-0.1, -0.05) is 48.5 Å². The number of rotatable bonds is 6. The maximum absolute atomic E-state index is 13.2. The second kappa shape index (κ2) is 7.05. The van der Waals surface area contributed by atoms with Crippen LogP contribution >= 0.6 is 0 Å². The van der Waals surface area contributed by atoms with Crippen LogP contribution in [0.15, 0.2) is 54.6 Å². The molecular weight excluding hydrogens is 319 g/mol. The number of benzene rings is 2. The van der Waals surface area contributed by atoms with Gasteiger partial charge in [0.2, 0.25) is 11.8 Å². The van der Waals surface area contributed by atoms with Crippen molar-refractivity contribution in [1.82, 2.24) is 5.32 Å². The Labute approximate surface area is 146 Å². The van der Waals surface area contributed by atoms with Crippen LogP contribution in [0.25, 0.3) is 0 Å². The molecule has 1 aliphatic rings. The van der Waals surface area contributed by atoms with Crippen molar-refractivity contribution in [3.63, 3.8) is 0 Å². The number of hydrogen-bond donors (Lipinski definition) is 1. The molecule has 1 atom stereocenters. The van der Waals surface area contributed by atoms with Crippen LogP contribution in [-0.4, -0.2) is 32.1 Å². The van der Waals surface area contributed by atoms with Crippen LogP contribution in [0.1, 0.15) is 17.5 Å². The Hall–Kier alpha value is -2.69. The van der Waals surface area contributed by atoms with Gasteiger partial charge >= 0.3 is 0 Å². The average molecular weight is 340 g/mol. The first kappa shape index (κ1) is 17.1. The van der Waals surface area contributed by atoms with Crippen molar-refractivity contribution in [2.45, 2.75) is 18.3 Å². The van der Waals surface area contributed by atoms with Gasteiger partial charge in [-0.25, -0.2) is 4.39 Å². The van der Waals surface area contributed by atoms with Crippen LogP contribution in [0.3, 0.4) is 0 Å². The van der Waals surface area contributed by atoms with Crippen LogP contribution in [0.2, 0.25) is 0 Å². The number of para-hydroxylation sites is 1. The van der Waals surface area contributed by atoms with Crippen molar-refractivity contribution >= 4 is 17.5 Å². The van der Waals surface area contributed by atoms with Gasteiger partial charge in [0.15, 0.2) is 0 Å². The highest BCUT2D eigenvalue weighted by molar-refractivity contribution is 6.09. The molecule has 0 saturated carbocycles. The molecule has 0 spiro atoms. The third-order valence-electron chi connectivity index (χ3n) is 4.72. The number of carbonyl (C=O) groups is 2. The van der Waals surface area contributed by atoms with E-state index in [1.807, 2.05) is 54.6 Å². The lowest BCUT2D eigenvalue weighted by Gasteiger charge is -2.28. The van der Waals surface area contributed by atoms with Crippen LogP contribution in [0.4, 0.5) is 10.1 Å². The molecule has 0 radical (unpaired) electrons. The number of fused-ring (bicyclic) bond motifs is 1. The van der Waals surface area contributed by atoms with Gasteiger partial charge in [0.1, 0.15) is 6.67 Å². The van der Waals surface area contributed by atoms with Crippen LogP contribution in [0.5, 0.6) is 0 Å². The summed E-state index contributed by atoms with van der Waals surface area (Å²) in [5, 5.41) is 2.55. The predicted octanol–water partition coefficient (Wildman–Crippen LogP) is 2.62. The molecule has 0 saturated heterocycles. The van der Waals surface area contributed by atoms with E-state index in [-0.39, 0.29) is 24.8 Å². The molecule has 2 aromatic carbocycles. The fourth-order valence-electron chi connectivity index (χ4n) is 3.59. The largest absolute Gasteiger partial charge is 0.353 e. The second-order valence-corrected chi connectivity index (χ2v) is 6.34. The molecule has 2 aromatic rings. The normalized spacial score (nSPS) is 19.0. The lowest BCUT2D eigenvalue weighted by Crippen LogP contribution is -2.44. The third kappa shape index (κ3) is 3.14. The summed E-state index contributed by atoms with van der Waals surface area (Å²) in [6.07, 6.45) is 0.430. The van der Waals surface area contributed by atoms with Crippen molar-refractivity contribution in [3.8, 4) is 0 Å². The van der Waals surface area contributed by atoms with Crippen LogP contribution < -0.4 is 10.2 Å². The number of nitrogens with one attached hydrogen (secondary N) is 1. The quantitative estimate of drug-likeness (QED) is 0.879. The van der Waals surface area contributed by atoms with Crippen LogP contribution in [0, 0.1) is 0 Å². The maximum Gasteiger partial charge on any atom is 0.238 e. The Balaban J connectivity index is 2.03. The van der Waals surface area contributed by atoms with E-state index < -0.39 is 12.1 Å². The van der Waals surface area contributed by atoms with Gasteiger partial charge in [-0.3, -0.25) is 9.59 Å². The summed E-state index contributed by atoms with van der Waals surface area (Å²) in [5.74, 6) is -0.417. The molecule has 0 fully saturated rings. The molecule has 4 nitrogen and oxygen atoms in total. The zero-order chi connectivity index (χ0) is 17.9. The van der Waals surface area contributed by atoms with Gasteiger partial charge < -0.3 is 10.2 Å². The summed E-state index contributed by atoms with van der Waals surface area (Å²) < 4.78 is 12.4. The second-order valence-electron chi connectivity index (χ2n) is 6.34. The van der Waals surface area contributed by atoms with E-state index in [1.165, 1.54) is 0 Å². The predicted molar refractivity (Wildman–Crippen MR) is 95.3 cm³/mol. The standard InChI is InChI=1S/C20H21FN2O2/c1-23-17-10-6-5-9-16(17)20(19(23)25,14-18(24)22-12-11-21)13-15-7-3-2-4-8-15/h2-10H,11-14H2,1H3,(H,22,24)/t20-/m1/s1. The molecule has 5 heteroatoms.